The van der Waals surface area contributed by atoms with Crippen LogP contribution in [0.2, 0.25) is 0 Å². The number of hydrogen-bond acceptors (Lipinski definition) is 2. The second-order valence-corrected chi connectivity index (χ2v) is 7.48. The largest absolute Gasteiger partial charge is 0.417 e. The Bertz CT molecular complexity index is 758. The normalized spacial score (nSPS) is 30.2. The van der Waals surface area contributed by atoms with Gasteiger partial charge in [0.15, 0.2) is 11.6 Å². The average Bonchev–Trinajstić information content (AvgIpc) is 2.80. The molecule has 0 N–H and O–H groups in total. The zero-order valence-electron chi connectivity index (χ0n) is 13.8. The van der Waals surface area contributed by atoms with Gasteiger partial charge >= 0.3 is 6.18 Å². The molecule has 0 heterocycles. The summed E-state index contributed by atoms with van der Waals surface area (Å²) in [4.78, 5) is 25.2. The lowest BCUT2D eigenvalue weighted by Crippen LogP contribution is -2.32. The first-order valence-electron chi connectivity index (χ1n) is 7.97. The van der Waals surface area contributed by atoms with E-state index in [1.165, 1.54) is 12.1 Å². The molecule has 0 radical (unpaired) electrons. The maximum Gasteiger partial charge on any atom is 0.417 e. The van der Waals surface area contributed by atoms with Crippen molar-refractivity contribution < 1.29 is 22.8 Å². The van der Waals surface area contributed by atoms with E-state index in [1.807, 2.05) is 20.8 Å². The van der Waals surface area contributed by atoms with Crippen molar-refractivity contribution in [3.63, 3.8) is 0 Å². The number of benzene rings is 1. The fourth-order valence-corrected chi connectivity index (χ4v) is 4.26. The Morgan fingerprint density at radius 3 is 2.38 bits per heavy atom. The topological polar surface area (TPSA) is 34.1 Å². The lowest BCUT2D eigenvalue weighted by Gasteiger charge is -2.31. The molecule has 0 spiro atoms. The van der Waals surface area contributed by atoms with Crippen LogP contribution in [0, 0.1) is 16.7 Å². The Kier molecular flexibility index (Phi) is 3.56. The van der Waals surface area contributed by atoms with Crippen LogP contribution in [-0.4, -0.2) is 11.6 Å². The third kappa shape index (κ3) is 2.17. The van der Waals surface area contributed by atoms with Gasteiger partial charge in [0.1, 0.15) is 0 Å². The number of halogens is 3. The van der Waals surface area contributed by atoms with Crippen LogP contribution in [0.4, 0.5) is 13.2 Å². The molecule has 0 amide bonds. The molecule has 2 aliphatic carbocycles. The highest BCUT2D eigenvalue weighted by molar-refractivity contribution is 6.13. The third-order valence-corrected chi connectivity index (χ3v) is 6.15. The maximum atomic E-state index is 13.1. The Labute approximate surface area is 138 Å². The van der Waals surface area contributed by atoms with Gasteiger partial charge < -0.3 is 0 Å². The van der Waals surface area contributed by atoms with E-state index in [4.69, 9.17) is 0 Å². The summed E-state index contributed by atoms with van der Waals surface area (Å²) in [5.41, 5.74) is -1.80. The number of ketones is 2. The van der Waals surface area contributed by atoms with E-state index in [0.717, 1.165) is 31.1 Å². The predicted molar refractivity (Wildman–Crippen MR) is 83.5 cm³/mol. The van der Waals surface area contributed by atoms with Crippen molar-refractivity contribution in [3.8, 4) is 0 Å². The molecule has 2 bridgehead atoms. The SMILES string of the molecule is CC1(C)[C@H]2CC[C@]1(C)C(=O)/C2=C/C(=O)c1ccccc1C(F)(F)F. The Morgan fingerprint density at radius 1 is 1.21 bits per heavy atom. The summed E-state index contributed by atoms with van der Waals surface area (Å²) in [6, 6.07) is 4.70. The number of rotatable bonds is 2. The summed E-state index contributed by atoms with van der Waals surface area (Å²) in [5.74, 6) is -0.920. The molecule has 0 saturated heterocycles. The van der Waals surface area contributed by atoms with Crippen LogP contribution >= 0.6 is 0 Å². The smallest absolute Gasteiger partial charge is 0.294 e. The van der Waals surface area contributed by atoms with Crippen LogP contribution in [0.3, 0.4) is 0 Å². The first kappa shape index (κ1) is 16.9. The van der Waals surface area contributed by atoms with Gasteiger partial charge in [0, 0.05) is 16.6 Å². The van der Waals surface area contributed by atoms with Crippen LogP contribution in [0.5, 0.6) is 0 Å². The van der Waals surface area contributed by atoms with Crippen molar-refractivity contribution in [1.29, 1.82) is 0 Å². The van der Waals surface area contributed by atoms with Crippen LogP contribution in [0.25, 0.3) is 0 Å². The molecule has 1 aromatic carbocycles. The fourth-order valence-electron chi connectivity index (χ4n) is 4.26. The van der Waals surface area contributed by atoms with Gasteiger partial charge in [-0.25, -0.2) is 0 Å². The van der Waals surface area contributed by atoms with Crippen molar-refractivity contribution in [3.05, 3.63) is 47.0 Å². The summed E-state index contributed by atoms with van der Waals surface area (Å²) in [6.07, 6.45) is -1.91. The minimum Gasteiger partial charge on any atom is -0.294 e. The standard InChI is InChI=1S/C19H19F3O2/c1-17(2)13-8-9-18(17,3)16(24)12(13)10-15(23)11-6-4-5-7-14(11)19(20,21)22/h4-7,10,13H,8-9H2,1-3H3/b12-10+/t13-,18+/m0/s1. The zero-order chi connectivity index (χ0) is 17.9. The molecule has 2 aliphatic rings. The molecule has 3 rings (SSSR count). The van der Waals surface area contributed by atoms with Crippen LogP contribution in [0.15, 0.2) is 35.9 Å². The Balaban J connectivity index is 2.03. The van der Waals surface area contributed by atoms with E-state index in [-0.39, 0.29) is 17.1 Å². The monoisotopic (exact) mass is 336 g/mol. The van der Waals surface area contributed by atoms with Gasteiger partial charge in [-0.2, -0.15) is 13.2 Å². The van der Waals surface area contributed by atoms with Gasteiger partial charge in [-0.1, -0.05) is 39.0 Å². The van der Waals surface area contributed by atoms with E-state index in [9.17, 15) is 22.8 Å². The van der Waals surface area contributed by atoms with E-state index in [0.29, 0.717) is 5.57 Å². The highest BCUT2D eigenvalue weighted by Gasteiger charge is 2.64. The first-order chi connectivity index (χ1) is 11.0. The first-order valence-corrected chi connectivity index (χ1v) is 7.97. The number of fused-ring (bicyclic) bond motifs is 2. The minimum absolute atomic E-state index is 0.0722. The van der Waals surface area contributed by atoms with Crippen molar-refractivity contribution in [2.45, 2.75) is 39.8 Å². The molecule has 128 valence electrons. The Hall–Kier alpha value is -1.91. The molecule has 2 saturated carbocycles. The molecule has 5 heteroatoms. The molecule has 24 heavy (non-hydrogen) atoms. The summed E-state index contributed by atoms with van der Waals surface area (Å²) in [6.45, 7) is 5.89. The van der Waals surface area contributed by atoms with Gasteiger partial charge in [0.05, 0.1) is 5.56 Å². The molecule has 1 aromatic rings. The molecule has 0 unspecified atom stereocenters. The molecule has 2 nitrogen and oxygen atoms in total. The van der Waals surface area contributed by atoms with Gasteiger partial charge in [-0.3, -0.25) is 9.59 Å². The highest BCUT2D eigenvalue weighted by Crippen LogP contribution is 2.65. The summed E-state index contributed by atoms with van der Waals surface area (Å²) in [5, 5.41) is 0. The second-order valence-electron chi connectivity index (χ2n) is 7.48. The number of carbonyl (C=O) groups is 2. The van der Waals surface area contributed by atoms with E-state index in [1.54, 1.807) is 0 Å². The van der Waals surface area contributed by atoms with Gasteiger partial charge in [-0.15, -0.1) is 0 Å². The lowest BCUT2D eigenvalue weighted by molar-refractivity contribution is -0.137. The van der Waals surface area contributed by atoms with Crippen LogP contribution in [-0.2, 0) is 11.0 Å². The quantitative estimate of drug-likeness (QED) is 0.572. The summed E-state index contributed by atoms with van der Waals surface area (Å²) >= 11 is 0. The van der Waals surface area contributed by atoms with E-state index >= 15 is 0 Å². The summed E-state index contributed by atoms with van der Waals surface area (Å²) < 4.78 is 39.3. The number of alkyl halides is 3. The average molecular weight is 336 g/mol. The van der Waals surface area contributed by atoms with E-state index < -0.39 is 28.5 Å². The molecule has 2 atom stereocenters. The molecular formula is C19H19F3O2. The highest BCUT2D eigenvalue weighted by atomic mass is 19.4. The van der Waals surface area contributed by atoms with Gasteiger partial charge in [0.25, 0.3) is 0 Å². The van der Waals surface area contributed by atoms with Crippen LogP contribution < -0.4 is 0 Å². The lowest BCUT2D eigenvalue weighted by atomic mass is 9.70. The predicted octanol–water partition coefficient (Wildman–Crippen LogP) is 4.84. The molecule has 0 aromatic heterocycles. The zero-order valence-corrected chi connectivity index (χ0v) is 13.8. The third-order valence-electron chi connectivity index (χ3n) is 6.15. The molecule has 2 fully saturated rings. The van der Waals surface area contributed by atoms with Crippen molar-refractivity contribution in [2.24, 2.45) is 16.7 Å². The number of hydrogen-bond donors (Lipinski definition) is 0. The van der Waals surface area contributed by atoms with Crippen molar-refractivity contribution in [1.82, 2.24) is 0 Å². The minimum atomic E-state index is -4.60. The fraction of sp³-hybridized carbons (Fsp3) is 0.474. The summed E-state index contributed by atoms with van der Waals surface area (Å²) in [7, 11) is 0. The van der Waals surface area contributed by atoms with Crippen molar-refractivity contribution in [2.75, 3.05) is 0 Å². The molecular weight excluding hydrogens is 317 g/mol. The van der Waals surface area contributed by atoms with Gasteiger partial charge in [0.2, 0.25) is 0 Å². The number of carbonyl (C=O) groups excluding carboxylic acids is 2. The number of Topliss-reactive ketones (excluding diaryl/α,β-unsaturated/α-hetero) is 1. The maximum absolute atomic E-state index is 13.1. The van der Waals surface area contributed by atoms with E-state index in [2.05, 4.69) is 0 Å². The Morgan fingerprint density at radius 2 is 1.83 bits per heavy atom. The van der Waals surface area contributed by atoms with Crippen LogP contribution in [0.1, 0.15) is 49.5 Å². The van der Waals surface area contributed by atoms with Gasteiger partial charge in [-0.05, 0) is 36.3 Å². The molecule has 0 aliphatic heterocycles. The number of allylic oxidation sites excluding steroid dienone is 2. The second kappa shape index (κ2) is 5.04. The van der Waals surface area contributed by atoms with Crippen molar-refractivity contribution >= 4 is 11.6 Å².